The highest BCUT2D eigenvalue weighted by molar-refractivity contribution is 9.10. The molecule has 0 saturated heterocycles. The summed E-state index contributed by atoms with van der Waals surface area (Å²) in [5, 5.41) is 4.12. The molecule has 3 rings (SSSR count). The molecule has 0 bridgehead atoms. The molecular formula is C19H17BrN2O3. The van der Waals surface area contributed by atoms with Crippen molar-refractivity contribution in [2.75, 3.05) is 6.61 Å². The summed E-state index contributed by atoms with van der Waals surface area (Å²) in [6.07, 6.45) is 0. The van der Waals surface area contributed by atoms with Crippen LogP contribution in [0.2, 0.25) is 0 Å². The summed E-state index contributed by atoms with van der Waals surface area (Å²) in [6.45, 7) is 1.99. The van der Waals surface area contributed by atoms with Crippen molar-refractivity contribution in [3.63, 3.8) is 0 Å². The van der Waals surface area contributed by atoms with Crippen molar-refractivity contribution in [1.29, 1.82) is 0 Å². The molecule has 6 heteroatoms. The fraction of sp³-hybridized carbons (Fsp3) is 0.211. The van der Waals surface area contributed by atoms with Gasteiger partial charge < -0.3 is 4.74 Å². The lowest BCUT2D eigenvalue weighted by Gasteiger charge is -2.19. The van der Waals surface area contributed by atoms with Crippen molar-refractivity contribution in [3.8, 4) is 0 Å². The second kappa shape index (κ2) is 7.61. The zero-order chi connectivity index (χ0) is 17.8. The standard InChI is InChI=1S/C19H17BrN2O3/c1-2-25-19(24)17-15(12-6-4-3-5-7-12)16(21-22-17)18(23)13-8-10-14(20)11-9-13/h3-11,15-16,21H,2H2,1H3. The van der Waals surface area contributed by atoms with Gasteiger partial charge in [0.25, 0.3) is 0 Å². The number of hydrazone groups is 1. The van der Waals surface area contributed by atoms with Gasteiger partial charge in [0.2, 0.25) is 0 Å². The van der Waals surface area contributed by atoms with Gasteiger partial charge in [0, 0.05) is 10.0 Å². The molecule has 0 amide bonds. The summed E-state index contributed by atoms with van der Waals surface area (Å²) in [6, 6.07) is 15.9. The third-order valence-electron chi connectivity index (χ3n) is 4.01. The van der Waals surface area contributed by atoms with Gasteiger partial charge in [0.1, 0.15) is 6.04 Å². The SMILES string of the molecule is CCOC(=O)C1=NNC(C(=O)c2ccc(Br)cc2)C1c1ccccc1. The molecule has 0 fully saturated rings. The van der Waals surface area contributed by atoms with Crippen LogP contribution in [0.4, 0.5) is 0 Å². The first-order valence-electron chi connectivity index (χ1n) is 7.96. The minimum Gasteiger partial charge on any atom is -0.461 e. The van der Waals surface area contributed by atoms with E-state index in [0.717, 1.165) is 10.0 Å². The average molecular weight is 401 g/mol. The summed E-state index contributed by atoms with van der Waals surface area (Å²) < 4.78 is 5.99. The number of ketones is 1. The number of esters is 1. The molecule has 0 spiro atoms. The molecule has 2 atom stereocenters. The van der Waals surface area contributed by atoms with E-state index in [1.807, 2.05) is 42.5 Å². The van der Waals surface area contributed by atoms with E-state index in [9.17, 15) is 9.59 Å². The van der Waals surface area contributed by atoms with Crippen LogP contribution in [0.25, 0.3) is 0 Å². The molecule has 2 aromatic carbocycles. The van der Waals surface area contributed by atoms with Crippen molar-refractivity contribution in [2.24, 2.45) is 5.10 Å². The molecule has 0 aromatic heterocycles. The number of halogens is 1. The van der Waals surface area contributed by atoms with Crippen molar-refractivity contribution >= 4 is 33.4 Å². The molecule has 1 heterocycles. The van der Waals surface area contributed by atoms with Crippen LogP contribution < -0.4 is 5.43 Å². The number of nitrogens with one attached hydrogen (secondary N) is 1. The summed E-state index contributed by atoms with van der Waals surface area (Å²) in [4.78, 5) is 25.2. The molecule has 2 aromatic rings. The molecule has 128 valence electrons. The average Bonchev–Trinajstić information content (AvgIpc) is 3.08. The molecule has 0 saturated carbocycles. The van der Waals surface area contributed by atoms with Crippen LogP contribution in [-0.4, -0.2) is 30.1 Å². The Morgan fingerprint density at radius 3 is 2.44 bits per heavy atom. The lowest BCUT2D eigenvalue weighted by atomic mass is 9.84. The Kier molecular flexibility index (Phi) is 5.28. The Morgan fingerprint density at radius 1 is 1.12 bits per heavy atom. The van der Waals surface area contributed by atoms with Gasteiger partial charge in [-0.2, -0.15) is 5.10 Å². The number of ether oxygens (including phenoxy) is 1. The van der Waals surface area contributed by atoms with Crippen LogP contribution in [-0.2, 0) is 9.53 Å². The lowest BCUT2D eigenvalue weighted by molar-refractivity contribution is -0.135. The zero-order valence-corrected chi connectivity index (χ0v) is 15.2. The van der Waals surface area contributed by atoms with Gasteiger partial charge in [-0.1, -0.05) is 58.4 Å². The molecule has 0 aliphatic carbocycles. The van der Waals surface area contributed by atoms with E-state index >= 15 is 0 Å². The number of rotatable bonds is 5. The van der Waals surface area contributed by atoms with E-state index in [-0.39, 0.29) is 18.1 Å². The first-order chi connectivity index (χ1) is 12.1. The minimum atomic E-state index is -0.650. The molecule has 1 aliphatic heterocycles. The van der Waals surface area contributed by atoms with E-state index in [2.05, 4.69) is 26.5 Å². The highest BCUT2D eigenvalue weighted by atomic mass is 79.9. The minimum absolute atomic E-state index is 0.121. The summed E-state index contributed by atoms with van der Waals surface area (Å²) >= 11 is 3.36. The number of Topliss-reactive ketones (excluding diaryl/α,β-unsaturated/α-hetero) is 1. The van der Waals surface area contributed by atoms with Gasteiger partial charge in [-0.05, 0) is 24.6 Å². The van der Waals surface area contributed by atoms with E-state index in [1.54, 1.807) is 19.1 Å². The maximum absolute atomic E-state index is 13.0. The molecule has 2 unspecified atom stereocenters. The zero-order valence-electron chi connectivity index (χ0n) is 13.6. The monoisotopic (exact) mass is 400 g/mol. The van der Waals surface area contributed by atoms with Crippen molar-refractivity contribution in [3.05, 3.63) is 70.2 Å². The van der Waals surface area contributed by atoms with Gasteiger partial charge in [0.15, 0.2) is 11.5 Å². The first-order valence-corrected chi connectivity index (χ1v) is 8.76. The first kappa shape index (κ1) is 17.4. The smallest absolute Gasteiger partial charge is 0.355 e. The second-order valence-corrected chi connectivity index (χ2v) is 6.50. The molecule has 1 N–H and O–H groups in total. The second-order valence-electron chi connectivity index (χ2n) is 5.58. The Bertz CT molecular complexity index is 803. The predicted molar refractivity (Wildman–Crippen MR) is 98.6 cm³/mol. The number of benzene rings is 2. The van der Waals surface area contributed by atoms with Crippen molar-refractivity contribution < 1.29 is 14.3 Å². The normalized spacial score (nSPS) is 19.0. The van der Waals surface area contributed by atoms with Crippen molar-refractivity contribution in [2.45, 2.75) is 18.9 Å². The fourth-order valence-corrected chi connectivity index (χ4v) is 3.10. The van der Waals surface area contributed by atoms with E-state index in [4.69, 9.17) is 4.74 Å². The Morgan fingerprint density at radius 2 is 1.80 bits per heavy atom. The number of hydrogen-bond donors (Lipinski definition) is 1. The summed E-state index contributed by atoms with van der Waals surface area (Å²) in [5.41, 5.74) is 4.46. The van der Waals surface area contributed by atoms with Crippen LogP contribution in [0.1, 0.15) is 28.8 Å². The largest absolute Gasteiger partial charge is 0.461 e. The van der Waals surface area contributed by atoms with Crippen LogP contribution in [0.5, 0.6) is 0 Å². The summed E-state index contributed by atoms with van der Waals surface area (Å²) in [5.74, 6) is -1.12. The van der Waals surface area contributed by atoms with Crippen molar-refractivity contribution in [1.82, 2.24) is 5.43 Å². The predicted octanol–water partition coefficient (Wildman–Crippen LogP) is 3.31. The molecule has 25 heavy (non-hydrogen) atoms. The van der Waals surface area contributed by atoms with Crippen LogP contribution in [0.15, 0.2) is 64.2 Å². The van der Waals surface area contributed by atoms with Gasteiger partial charge in [0.05, 0.1) is 12.5 Å². The maximum Gasteiger partial charge on any atom is 0.355 e. The highest BCUT2D eigenvalue weighted by Crippen LogP contribution is 2.29. The number of hydrogen-bond acceptors (Lipinski definition) is 5. The van der Waals surface area contributed by atoms with Crippen LogP contribution in [0, 0.1) is 0 Å². The summed E-state index contributed by atoms with van der Waals surface area (Å²) in [7, 11) is 0. The van der Waals surface area contributed by atoms with Gasteiger partial charge in [-0.25, -0.2) is 4.79 Å². The Hall–Kier alpha value is -2.47. The fourth-order valence-electron chi connectivity index (χ4n) is 2.83. The van der Waals surface area contributed by atoms with Crippen LogP contribution >= 0.6 is 15.9 Å². The molecular weight excluding hydrogens is 384 g/mol. The Balaban J connectivity index is 1.94. The third-order valence-corrected chi connectivity index (χ3v) is 4.54. The maximum atomic E-state index is 13.0. The van der Waals surface area contributed by atoms with E-state index in [0.29, 0.717) is 5.56 Å². The molecule has 1 aliphatic rings. The highest BCUT2D eigenvalue weighted by Gasteiger charge is 2.41. The number of carbonyl (C=O) groups excluding carboxylic acids is 2. The van der Waals surface area contributed by atoms with E-state index in [1.165, 1.54) is 0 Å². The van der Waals surface area contributed by atoms with Gasteiger partial charge >= 0.3 is 5.97 Å². The molecule has 0 radical (unpaired) electrons. The van der Waals surface area contributed by atoms with E-state index < -0.39 is 17.9 Å². The topological polar surface area (TPSA) is 67.8 Å². The molecule has 5 nitrogen and oxygen atoms in total. The van der Waals surface area contributed by atoms with Gasteiger partial charge in [-0.3, -0.25) is 10.2 Å². The lowest BCUT2D eigenvalue weighted by Crippen LogP contribution is -2.37. The number of carbonyl (C=O) groups is 2. The van der Waals surface area contributed by atoms with Crippen LogP contribution in [0.3, 0.4) is 0 Å². The third kappa shape index (κ3) is 3.64. The number of nitrogens with zero attached hydrogens (tertiary/aromatic N) is 1. The Labute approximate surface area is 154 Å². The quantitative estimate of drug-likeness (QED) is 0.617. The van der Waals surface area contributed by atoms with Gasteiger partial charge in [-0.15, -0.1) is 0 Å².